The van der Waals surface area contributed by atoms with Gasteiger partial charge in [-0.3, -0.25) is 9.67 Å². The molecule has 0 bridgehead atoms. The number of nitrogens with one attached hydrogen (secondary N) is 3. The first-order valence-corrected chi connectivity index (χ1v) is 10.7. The number of hydrogen-bond donors (Lipinski definition) is 3. The van der Waals surface area contributed by atoms with Crippen molar-refractivity contribution in [2.45, 2.75) is 26.3 Å². The van der Waals surface area contributed by atoms with Crippen LogP contribution in [0.1, 0.15) is 24.0 Å². The molecule has 10 heteroatoms. The molecule has 9 nitrogen and oxygen atoms in total. The van der Waals surface area contributed by atoms with Crippen LogP contribution in [0.2, 0.25) is 0 Å². The third kappa shape index (κ3) is 6.21. The van der Waals surface area contributed by atoms with E-state index >= 15 is 0 Å². The Morgan fingerprint density at radius 1 is 1.22 bits per heavy atom. The van der Waals surface area contributed by atoms with E-state index in [2.05, 4.69) is 61.1 Å². The van der Waals surface area contributed by atoms with Crippen LogP contribution in [-0.2, 0) is 13.6 Å². The summed E-state index contributed by atoms with van der Waals surface area (Å²) in [7, 11) is 3.64. The molecule has 0 unspecified atom stereocenters. The number of guanidine groups is 1. The third-order valence-electron chi connectivity index (χ3n) is 5.30. The fourth-order valence-electron chi connectivity index (χ4n) is 3.30. The largest absolute Gasteiger partial charge is 0.493 e. The Labute approximate surface area is 205 Å². The first-order valence-electron chi connectivity index (χ1n) is 10.7. The SMILES string of the molecule is CN=C(NCCNc1ncnc2c1cnn2C)NCc1ccc(C)cc1OCC1CC1.I. The summed E-state index contributed by atoms with van der Waals surface area (Å²) in [5.74, 6) is 3.21. The second-order valence-corrected chi connectivity index (χ2v) is 7.87. The van der Waals surface area contributed by atoms with E-state index in [4.69, 9.17) is 4.74 Å². The lowest BCUT2D eigenvalue weighted by molar-refractivity contribution is 0.296. The van der Waals surface area contributed by atoms with Crippen molar-refractivity contribution in [3.63, 3.8) is 0 Å². The van der Waals surface area contributed by atoms with E-state index in [1.807, 2.05) is 7.05 Å². The van der Waals surface area contributed by atoms with Gasteiger partial charge in [-0.25, -0.2) is 9.97 Å². The Balaban J connectivity index is 0.00000289. The van der Waals surface area contributed by atoms with E-state index in [0.717, 1.165) is 46.6 Å². The topological polar surface area (TPSA) is 101 Å². The minimum atomic E-state index is 0. The van der Waals surface area contributed by atoms with E-state index in [1.54, 1.807) is 24.3 Å². The molecule has 1 aliphatic carbocycles. The first kappa shape index (κ1) is 24.0. The summed E-state index contributed by atoms with van der Waals surface area (Å²) >= 11 is 0. The van der Waals surface area contributed by atoms with Crippen molar-refractivity contribution in [2.24, 2.45) is 18.0 Å². The molecule has 1 saturated carbocycles. The van der Waals surface area contributed by atoms with Gasteiger partial charge in [0, 0.05) is 39.3 Å². The van der Waals surface area contributed by atoms with Crippen LogP contribution in [0.25, 0.3) is 11.0 Å². The fraction of sp³-hybridized carbons (Fsp3) is 0.455. The molecule has 2 aromatic heterocycles. The number of aromatic nitrogens is 4. The zero-order chi connectivity index (χ0) is 21.6. The van der Waals surface area contributed by atoms with Crippen molar-refractivity contribution >= 4 is 46.8 Å². The summed E-state index contributed by atoms with van der Waals surface area (Å²) in [6.07, 6.45) is 5.89. The van der Waals surface area contributed by atoms with Gasteiger partial charge in [-0.1, -0.05) is 12.1 Å². The lowest BCUT2D eigenvalue weighted by Crippen LogP contribution is -2.39. The van der Waals surface area contributed by atoms with Crippen LogP contribution in [0, 0.1) is 12.8 Å². The molecule has 0 amide bonds. The van der Waals surface area contributed by atoms with Gasteiger partial charge in [0.05, 0.1) is 18.2 Å². The van der Waals surface area contributed by atoms with Crippen LogP contribution in [0.15, 0.2) is 35.7 Å². The predicted octanol–water partition coefficient (Wildman–Crippen LogP) is 2.86. The van der Waals surface area contributed by atoms with Gasteiger partial charge in [0.15, 0.2) is 11.6 Å². The normalized spacial score (nSPS) is 13.5. The molecule has 32 heavy (non-hydrogen) atoms. The van der Waals surface area contributed by atoms with Crippen molar-refractivity contribution in [1.82, 2.24) is 30.4 Å². The molecular formula is C22H31IN8O. The highest BCUT2D eigenvalue weighted by atomic mass is 127. The minimum absolute atomic E-state index is 0. The molecule has 0 aliphatic heterocycles. The Bertz CT molecular complexity index is 1060. The number of fused-ring (bicyclic) bond motifs is 1. The fourth-order valence-corrected chi connectivity index (χ4v) is 3.30. The highest BCUT2D eigenvalue weighted by Crippen LogP contribution is 2.30. The number of benzene rings is 1. The van der Waals surface area contributed by atoms with E-state index in [0.29, 0.717) is 19.6 Å². The standard InChI is InChI=1S/C22H30N8O.HI/c1-15-4-7-17(19(10-15)31-13-16-5-6-16)11-26-22(23-2)25-9-8-24-20-18-12-29-30(3)21(18)28-14-27-20;/h4,7,10,12,14,16H,5-6,8-9,11,13H2,1-3H3,(H2,23,25,26)(H,24,27,28);1H. The summed E-state index contributed by atoms with van der Waals surface area (Å²) in [6, 6.07) is 6.34. The van der Waals surface area contributed by atoms with Gasteiger partial charge in [-0.15, -0.1) is 24.0 Å². The number of ether oxygens (including phenoxy) is 1. The van der Waals surface area contributed by atoms with E-state index in [9.17, 15) is 0 Å². The maximum Gasteiger partial charge on any atom is 0.191 e. The zero-order valence-electron chi connectivity index (χ0n) is 18.8. The van der Waals surface area contributed by atoms with Crippen LogP contribution in [0.3, 0.4) is 0 Å². The van der Waals surface area contributed by atoms with E-state index in [-0.39, 0.29) is 24.0 Å². The predicted molar refractivity (Wildman–Crippen MR) is 138 cm³/mol. The molecule has 1 fully saturated rings. The summed E-state index contributed by atoms with van der Waals surface area (Å²) in [4.78, 5) is 12.9. The molecule has 172 valence electrons. The molecule has 0 radical (unpaired) electrons. The molecule has 4 rings (SSSR count). The lowest BCUT2D eigenvalue weighted by Gasteiger charge is -2.16. The smallest absolute Gasteiger partial charge is 0.191 e. The van der Waals surface area contributed by atoms with Gasteiger partial charge < -0.3 is 20.7 Å². The molecule has 3 aromatic rings. The van der Waals surface area contributed by atoms with Crippen LogP contribution >= 0.6 is 24.0 Å². The van der Waals surface area contributed by atoms with Crippen LogP contribution in [-0.4, -0.2) is 52.5 Å². The zero-order valence-corrected chi connectivity index (χ0v) is 21.1. The number of nitrogens with zero attached hydrogens (tertiary/aromatic N) is 5. The maximum atomic E-state index is 6.06. The van der Waals surface area contributed by atoms with Crippen LogP contribution in [0.4, 0.5) is 5.82 Å². The summed E-state index contributed by atoms with van der Waals surface area (Å²) in [5.41, 5.74) is 3.14. The van der Waals surface area contributed by atoms with Gasteiger partial charge in [0.1, 0.15) is 17.9 Å². The second-order valence-electron chi connectivity index (χ2n) is 7.87. The van der Waals surface area contributed by atoms with E-state index in [1.165, 1.54) is 18.4 Å². The number of aryl methyl sites for hydroxylation is 2. The number of hydrogen-bond acceptors (Lipinski definition) is 6. The molecule has 1 aliphatic rings. The highest BCUT2D eigenvalue weighted by Gasteiger charge is 2.22. The van der Waals surface area contributed by atoms with Crippen molar-refractivity contribution in [1.29, 1.82) is 0 Å². The van der Waals surface area contributed by atoms with Crippen LogP contribution < -0.4 is 20.7 Å². The van der Waals surface area contributed by atoms with Gasteiger partial charge in [0.25, 0.3) is 0 Å². The van der Waals surface area contributed by atoms with Crippen molar-refractivity contribution in [3.8, 4) is 5.75 Å². The monoisotopic (exact) mass is 550 g/mol. The Hall–Kier alpha value is -2.63. The third-order valence-corrected chi connectivity index (χ3v) is 5.30. The summed E-state index contributed by atoms with van der Waals surface area (Å²) < 4.78 is 7.80. The average Bonchev–Trinajstić information content (AvgIpc) is 3.54. The molecule has 0 atom stereocenters. The highest BCUT2D eigenvalue weighted by molar-refractivity contribution is 14.0. The van der Waals surface area contributed by atoms with Crippen molar-refractivity contribution in [2.75, 3.05) is 32.1 Å². The molecule has 2 heterocycles. The molecule has 1 aromatic carbocycles. The number of anilines is 1. The Morgan fingerprint density at radius 3 is 2.84 bits per heavy atom. The summed E-state index contributed by atoms with van der Waals surface area (Å²) in [5, 5.41) is 15.2. The molecule has 0 saturated heterocycles. The molecule has 3 N–H and O–H groups in total. The quantitative estimate of drug-likeness (QED) is 0.163. The summed E-state index contributed by atoms with van der Waals surface area (Å²) in [6.45, 7) is 4.91. The minimum Gasteiger partial charge on any atom is -0.493 e. The van der Waals surface area contributed by atoms with E-state index < -0.39 is 0 Å². The molecular weight excluding hydrogens is 519 g/mol. The Morgan fingerprint density at radius 2 is 2.06 bits per heavy atom. The first-order chi connectivity index (χ1) is 15.1. The Kier molecular flexibility index (Phi) is 8.48. The maximum absolute atomic E-state index is 6.06. The molecule has 0 spiro atoms. The van der Waals surface area contributed by atoms with Crippen LogP contribution in [0.5, 0.6) is 5.75 Å². The number of aliphatic imine (C=N–C) groups is 1. The van der Waals surface area contributed by atoms with Gasteiger partial charge in [0.2, 0.25) is 0 Å². The van der Waals surface area contributed by atoms with Gasteiger partial charge in [-0.2, -0.15) is 5.10 Å². The average molecular weight is 550 g/mol. The van der Waals surface area contributed by atoms with Crippen molar-refractivity contribution < 1.29 is 4.74 Å². The van der Waals surface area contributed by atoms with Crippen molar-refractivity contribution in [3.05, 3.63) is 41.9 Å². The lowest BCUT2D eigenvalue weighted by atomic mass is 10.1. The van der Waals surface area contributed by atoms with Gasteiger partial charge >= 0.3 is 0 Å². The second kappa shape index (κ2) is 11.3. The number of halogens is 1. The van der Waals surface area contributed by atoms with Gasteiger partial charge in [-0.05, 0) is 37.3 Å². The number of rotatable bonds is 9.